The molecule has 1 unspecified atom stereocenters. The van der Waals surface area contributed by atoms with Crippen LogP contribution < -0.4 is 10.1 Å². The number of hydrogen-bond donors (Lipinski definition) is 1. The summed E-state index contributed by atoms with van der Waals surface area (Å²) in [5.74, 6) is 2.03. The second-order valence-electron chi connectivity index (χ2n) is 8.32. The van der Waals surface area contributed by atoms with Crippen molar-refractivity contribution < 1.29 is 14.3 Å². The number of benzene rings is 1. The Bertz CT molecular complexity index is 841. The van der Waals surface area contributed by atoms with Crippen molar-refractivity contribution in [2.24, 2.45) is 0 Å². The van der Waals surface area contributed by atoms with Gasteiger partial charge in [-0.1, -0.05) is 37.4 Å². The number of methoxy groups -OCH3 is 1. The normalized spacial score (nSPS) is 19.8. The van der Waals surface area contributed by atoms with Gasteiger partial charge in [-0.05, 0) is 49.9 Å². The van der Waals surface area contributed by atoms with Crippen LogP contribution in [-0.4, -0.2) is 52.3 Å². The maximum Gasteiger partial charge on any atom is 0.230 e. The quantitative estimate of drug-likeness (QED) is 0.489. The molecule has 2 aromatic rings. The second kappa shape index (κ2) is 11.0. The molecule has 2 fully saturated rings. The average Bonchev–Trinajstić information content (AvgIpc) is 3.37. The Hall–Kier alpha value is -2.06. The highest BCUT2D eigenvalue weighted by Gasteiger charge is 2.23. The van der Waals surface area contributed by atoms with Crippen molar-refractivity contribution in [1.82, 2.24) is 20.1 Å². The third kappa shape index (κ3) is 6.01. The molecule has 1 saturated heterocycles. The zero-order chi connectivity index (χ0) is 21.5. The molecule has 0 bridgehead atoms. The van der Waals surface area contributed by atoms with Crippen molar-refractivity contribution in [1.29, 1.82) is 0 Å². The molecule has 1 saturated carbocycles. The second-order valence-corrected chi connectivity index (χ2v) is 9.27. The molecule has 2 heterocycles. The summed E-state index contributed by atoms with van der Waals surface area (Å²) in [4.78, 5) is 12.6. The van der Waals surface area contributed by atoms with Gasteiger partial charge in [-0.2, -0.15) is 0 Å². The molecular formula is C23H32N4O3S. The Balaban J connectivity index is 1.45. The monoisotopic (exact) mass is 444 g/mol. The third-order valence-electron chi connectivity index (χ3n) is 6.03. The van der Waals surface area contributed by atoms with Crippen LogP contribution in [-0.2, 0) is 16.1 Å². The number of carbonyl (C=O) groups excluding carboxylic acids is 1. The summed E-state index contributed by atoms with van der Waals surface area (Å²) in [6.07, 6.45) is 9.43. The van der Waals surface area contributed by atoms with E-state index in [1.54, 1.807) is 7.11 Å². The summed E-state index contributed by atoms with van der Waals surface area (Å²) in [5.41, 5.74) is 0.973. The average molecular weight is 445 g/mol. The molecule has 0 radical (unpaired) electrons. The van der Waals surface area contributed by atoms with Crippen molar-refractivity contribution in [2.75, 3.05) is 19.5 Å². The molecule has 168 valence electrons. The van der Waals surface area contributed by atoms with Crippen LogP contribution in [0.5, 0.6) is 5.75 Å². The first-order valence-electron chi connectivity index (χ1n) is 11.3. The number of thioether (sulfide) groups is 1. The van der Waals surface area contributed by atoms with Crippen molar-refractivity contribution in [3.63, 3.8) is 0 Å². The molecule has 8 heteroatoms. The minimum Gasteiger partial charge on any atom is -0.497 e. The fourth-order valence-corrected chi connectivity index (χ4v) is 5.09. The fourth-order valence-electron chi connectivity index (χ4n) is 4.33. The highest BCUT2D eigenvalue weighted by atomic mass is 32.2. The number of hydrogen-bond acceptors (Lipinski definition) is 6. The predicted octanol–water partition coefficient (Wildman–Crippen LogP) is 4.06. The van der Waals surface area contributed by atoms with E-state index >= 15 is 0 Å². The van der Waals surface area contributed by atoms with Gasteiger partial charge < -0.3 is 14.8 Å². The van der Waals surface area contributed by atoms with Crippen molar-refractivity contribution in [3.05, 3.63) is 24.3 Å². The summed E-state index contributed by atoms with van der Waals surface area (Å²) < 4.78 is 13.2. The summed E-state index contributed by atoms with van der Waals surface area (Å²) in [7, 11) is 1.66. The summed E-state index contributed by atoms with van der Waals surface area (Å²) in [6.45, 7) is 1.50. The molecule has 1 aliphatic heterocycles. The number of nitrogens with zero attached hydrogens (tertiary/aromatic N) is 3. The summed E-state index contributed by atoms with van der Waals surface area (Å²) in [6, 6.07) is 8.14. The Morgan fingerprint density at radius 1 is 1.13 bits per heavy atom. The molecule has 4 rings (SSSR count). The maximum atomic E-state index is 12.6. The number of ether oxygens (including phenoxy) is 2. The van der Waals surface area contributed by atoms with E-state index in [1.165, 1.54) is 37.4 Å². The van der Waals surface area contributed by atoms with E-state index in [9.17, 15) is 4.79 Å². The van der Waals surface area contributed by atoms with Gasteiger partial charge in [-0.3, -0.25) is 9.36 Å². The molecule has 1 atom stereocenters. The molecule has 0 spiro atoms. The van der Waals surface area contributed by atoms with Gasteiger partial charge in [0.15, 0.2) is 11.0 Å². The highest BCUT2D eigenvalue weighted by molar-refractivity contribution is 7.99. The number of carbonyl (C=O) groups is 1. The van der Waals surface area contributed by atoms with Crippen LogP contribution in [0.1, 0.15) is 51.4 Å². The molecule has 1 N–H and O–H groups in total. The zero-order valence-corrected chi connectivity index (χ0v) is 19.0. The van der Waals surface area contributed by atoms with E-state index < -0.39 is 0 Å². The van der Waals surface area contributed by atoms with Gasteiger partial charge >= 0.3 is 0 Å². The lowest BCUT2D eigenvalue weighted by Gasteiger charge is -2.17. The van der Waals surface area contributed by atoms with Gasteiger partial charge in [0.25, 0.3) is 0 Å². The number of nitrogens with one attached hydrogen (secondary N) is 1. The van der Waals surface area contributed by atoms with E-state index in [-0.39, 0.29) is 12.0 Å². The first-order chi connectivity index (χ1) is 15.2. The number of rotatable bonds is 8. The van der Waals surface area contributed by atoms with Crippen molar-refractivity contribution >= 4 is 17.7 Å². The molecule has 1 amide bonds. The molecule has 1 aliphatic carbocycles. The lowest BCUT2D eigenvalue weighted by molar-refractivity contribution is -0.119. The van der Waals surface area contributed by atoms with Gasteiger partial charge in [0.05, 0.1) is 25.5 Å². The minimum absolute atomic E-state index is 0.0783. The fraction of sp³-hybridized carbons (Fsp3) is 0.609. The molecule has 2 aliphatic rings. The smallest absolute Gasteiger partial charge is 0.230 e. The van der Waals surface area contributed by atoms with Gasteiger partial charge in [-0.15, -0.1) is 10.2 Å². The maximum absolute atomic E-state index is 12.6. The van der Waals surface area contributed by atoms with E-state index in [0.717, 1.165) is 54.6 Å². The summed E-state index contributed by atoms with van der Waals surface area (Å²) in [5, 5.41) is 12.9. The zero-order valence-electron chi connectivity index (χ0n) is 18.2. The van der Waals surface area contributed by atoms with E-state index in [4.69, 9.17) is 9.47 Å². The van der Waals surface area contributed by atoms with Crippen LogP contribution in [0.2, 0.25) is 0 Å². The van der Waals surface area contributed by atoms with E-state index in [2.05, 4.69) is 20.1 Å². The first kappa shape index (κ1) is 22.1. The van der Waals surface area contributed by atoms with E-state index in [0.29, 0.717) is 18.3 Å². The van der Waals surface area contributed by atoms with Crippen LogP contribution in [0.3, 0.4) is 0 Å². The molecule has 31 heavy (non-hydrogen) atoms. The van der Waals surface area contributed by atoms with Crippen molar-refractivity contribution in [2.45, 2.75) is 75.2 Å². The Morgan fingerprint density at radius 3 is 2.58 bits per heavy atom. The predicted molar refractivity (Wildman–Crippen MR) is 121 cm³/mol. The standard InChI is InChI=1S/C23H32N4O3S/c1-29-19-12-10-17(11-13-19)22-25-26-23(27(22)15-20-9-6-14-30-20)31-16-21(28)24-18-7-4-2-3-5-8-18/h10-13,18,20H,2-9,14-16H2,1H3,(H,24,28). The minimum atomic E-state index is 0.0783. The SMILES string of the molecule is COc1ccc(-c2nnc(SCC(=O)NC3CCCCCC3)n2CC2CCCO2)cc1. The van der Waals surface area contributed by atoms with Crippen LogP contribution in [0.15, 0.2) is 29.4 Å². The Kier molecular flexibility index (Phi) is 7.86. The Labute approximate surface area is 188 Å². The third-order valence-corrected chi connectivity index (χ3v) is 6.99. The van der Waals surface area contributed by atoms with Crippen LogP contribution in [0.4, 0.5) is 0 Å². The summed E-state index contributed by atoms with van der Waals surface area (Å²) >= 11 is 1.45. The lowest BCUT2D eigenvalue weighted by atomic mass is 10.1. The van der Waals surface area contributed by atoms with Crippen LogP contribution in [0.25, 0.3) is 11.4 Å². The van der Waals surface area contributed by atoms with Crippen LogP contribution in [0, 0.1) is 0 Å². The first-order valence-corrected chi connectivity index (χ1v) is 12.3. The van der Waals surface area contributed by atoms with Crippen molar-refractivity contribution in [3.8, 4) is 17.1 Å². The van der Waals surface area contributed by atoms with Crippen LogP contribution >= 0.6 is 11.8 Å². The molecule has 7 nitrogen and oxygen atoms in total. The van der Waals surface area contributed by atoms with Gasteiger partial charge in [0, 0.05) is 18.2 Å². The Morgan fingerprint density at radius 2 is 1.90 bits per heavy atom. The number of amides is 1. The molecular weight excluding hydrogens is 412 g/mol. The lowest BCUT2D eigenvalue weighted by Crippen LogP contribution is -2.35. The van der Waals surface area contributed by atoms with Gasteiger partial charge in [0.2, 0.25) is 5.91 Å². The largest absolute Gasteiger partial charge is 0.497 e. The van der Waals surface area contributed by atoms with Gasteiger partial charge in [-0.25, -0.2) is 0 Å². The molecule has 1 aromatic heterocycles. The topological polar surface area (TPSA) is 78.3 Å². The van der Waals surface area contributed by atoms with Gasteiger partial charge in [0.1, 0.15) is 5.75 Å². The molecule has 1 aromatic carbocycles. The van der Waals surface area contributed by atoms with E-state index in [1.807, 2.05) is 24.3 Å². The number of aromatic nitrogens is 3. The highest BCUT2D eigenvalue weighted by Crippen LogP contribution is 2.28.